The van der Waals surface area contributed by atoms with Crippen LogP contribution in [0, 0.1) is 0 Å². The van der Waals surface area contributed by atoms with E-state index in [0.717, 1.165) is 5.56 Å². The zero-order chi connectivity index (χ0) is 15.9. The Morgan fingerprint density at radius 3 is 2.59 bits per heavy atom. The minimum Gasteiger partial charge on any atom is -0.481 e. The van der Waals surface area contributed by atoms with Gasteiger partial charge in [0.2, 0.25) is 0 Å². The molecule has 0 unspecified atom stereocenters. The quantitative estimate of drug-likeness (QED) is 0.700. The van der Waals surface area contributed by atoms with Gasteiger partial charge in [0.25, 0.3) is 0 Å². The Kier molecular flexibility index (Phi) is 5.07. The lowest BCUT2D eigenvalue weighted by Gasteiger charge is -2.07. The van der Waals surface area contributed by atoms with Crippen LogP contribution in [0.3, 0.4) is 0 Å². The molecule has 8 heteroatoms. The summed E-state index contributed by atoms with van der Waals surface area (Å²) in [7, 11) is 1.79. The van der Waals surface area contributed by atoms with Gasteiger partial charge in [-0.25, -0.2) is 9.78 Å². The van der Waals surface area contributed by atoms with Gasteiger partial charge in [0.1, 0.15) is 6.33 Å². The first-order valence-corrected chi connectivity index (χ1v) is 6.77. The molecular weight excluding hydrogens is 286 g/mol. The van der Waals surface area contributed by atoms with Gasteiger partial charge in [-0.2, -0.15) is 5.10 Å². The highest BCUT2D eigenvalue weighted by Crippen LogP contribution is 2.17. The maximum Gasteiger partial charge on any atom is 0.319 e. The van der Waals surface area contributed by atoms with Crippen LogP contribution < -0.4 is 10.6 Å². The number of hydrogen-bond donors (Lipinski definition) is 3. The normalized spacial score (nSPS) is 10.2. The number of carboxylic acids is 1. The van der Waals surface area contributed by atoms with Gasteiger partial charge in [-0.05, 0) is 30.7 Å². The summed E-state index contributed by atoms with van der Waals surface area (Å²) in [6.07, 6.45) is 2.05. The summed E-state index contributed by atoms with van der Waals surface area (Å²) in [6.45, 7) is 0.314. The molecule has 0 aliphatic carbocycles. The van der Waals surface area contributed by atoms with Gasteiger partial charge < -0.3 is 15.7 Å². The maximum atomic E-state index is 11.6. The van der Waals surface area contributed by atoms with Gasteiger partial charge >= 0.3 is 12.0 Å². The summed E-state index contributed by atoms with van der Waals surface area (Å²) >= 11 is 0. The fraction of sp³-hybridized carbons (Fsp3) is 0.286. The van der Waals surface area contributed by atoms with Crippen LogP contribution in [0.25, 0.3) is 11.4 Å². The van der Waals surface area contributed by atoms with Gasteiger partial charge in [0.05, 0.1) is 0 Å². The van der Waals surface area contributed by atoms with E-state index in [1.807, 2.05) is 12.1 Å². The van der Waals surface area contributed by atoms with Crippen molar-refractivity contribution in [1.82, 2.24) is 20.1 Å². The van der Waals surface area contributed by atoms with Crippen LogP contribution in [-0.4, -0.2) is 38.4 Å². The minimum absolute atomic E-state index is 0.0338. The van der Waals surface area contributed by atoms with E-state index in [-0.39, 0.29) is 12.5 Å². The van der Waals surface area contributed by atoms with E-state index >= 15 is 0 Å². The van der Waals surface area contributed by atoms with Crippen molar-refractivity contribution in [1.29, 1.82) is 0 Å². The van der Waals surface area contributed by atoms with Gasteiger partial charge in [0, 0.05) is 31.3 Å². The zero-order valence-electron chi connectivity index (χ0n) is 12.1. The molecule has 0 atom stereocenters. The largest absolute Gasteiger partial charge is 0.481 e. The molecule has 8 nitrogen and oxygen atoms in total. The van der Waals surface area contributed by atoms with Gasteiger partial charge in [0.15, 0.2) is 5.82 Å². The Bertz CT molecular complexity index is 651. The van der Waals surface area contributed by atoms with Crippen LogP contribution in [-0.2, 0) is 11.8 Å². The lowest BCUT2D eigenvalue weighted by atomic mass is 10.2. The van der Waals surface area contributed by atoms with Crippen LogP contribution in [0.15, 0.2) is 30.6 Å². The molecule has 0 aliphatic rings. The summed E-state index contributed by atoms with van der Waals surface area (Å²) in [5.41, 5.74) is 1.49. The molecule has 2 aromatic rings. The van der Waals surface area contributed by atoms with E-state index < -0.39 is 5.97 Å². The number of urea groups is 1. The molecule has 116 valence electrons. The number of aryl methyl sites for hydroxylation is 1. The van der Waals surface area contributed by atoms with Crippen LogP contribution in [0.5, 0.6) is 0 Å². The number of hydrogen-bond acceptors (Lipinski definition) is 4. The Hall–Kier alpha value is -2.90. The van der Waals surface area contributed by atoms with Crippen molar-refractivity contribution in [3.05, 3.63) is 30.6 Å². The Morgan fingerprint density at radius 2 is 2.00 bits per heavy atom. The second-order valence-corrected chi connectivity index (χ2v) is 4.70. The third-order valence-corrected chi connectivity index (χ3v) is 2.85. The standard InChI is InChI=1S/C14H17N5O3/c1-19-9-16-13(18-19)10-4-6-11(7-5-10)17-14(22)15-8-2-3-12(20)21/h4-7,9H,2-3,8H2,1H3,(H,20,21)(H2,15,17,22). The van der Waals surface area contributed by atoms with Crippen molar-refractivity contribution in [3.63, 3.8) is 0 Å². The molecule has 0 spiro atoms. The van der Waals surface area contributed by atoms with Crippen molar-refractivity contribution < 1.29 is 14.7 Å². The number of aliphatic carboxylic acids is 1. The van der Waals surface area contributed by atoms with Crippen molar-refractivity contribution in [3.8, 4) is 11.4 Å². The van der Waals surface area contributed by atoms with Crippen molar-refractivity contribution in [2.45, 2.75) is 12.8 Å². The first-order valence-electron chi connectivity index (χ1n) is 6.77. The molecule has 0 saturated heterocycles. The number of carbonyl (C=O) groups is 2. The molecule has 0 aliphatic heterocycles. The van der Waals surface area contributed by atoms with Crippen LogP contribution in [0.2, 0.25) is 0 Å². The number of carbonyl (C=O) groups excluding carboxylic acids is 1. The maximum absolute atomic E-state index is 11.6. The Balaban J connectivity index is 1.83. The third kappa shape index (κ3) is 4.58. The number of amides is 2. The topological polar surface area (TPSA) is 109 Å². The monoisotopic (exact) mass is 303 g/mol. The first-order chi connectivity index (χ1) is 10.5. The number of anilines is 1. The molecule has 22 heavy (non-hydrogen) atoms. The molecular formula is C14H17N5O3. The summed E-state index contributed by atoms with van der Waals surface area (Å²) in [4.78, 5) is 26.1. The van der Waals surface area contributed by atoms with Gasteiger partial charge in [-0.1, -0.05) is 0 Å². The average Bonchev–Trinajstić information content (AvgIpc) is 2.91. The third-order valence-electron chi connectivity index (χ3n) is 2.85. The lowest BCUT2D eigenvalue weighted by Crippen LogP contribution is -2.29. The fourth-order valence-corrected chi connectivity index (χ4v) is 1.79. The van der Waals surface area contributed by atoms with Crippen LogP contribution in [0.1, 0.15) is 12.8 Å². The number of rotatable bonds is 6. The first kappa shape index (κ1) is 15.5. The van der Waals surface area contributed by atoms with E-state index in [4.69, 9.17) is 5.11 Å². The molecule has 1 heterocycles. The average molecular weight is 303 g/mol. The van der Waals surface area contributed by atoms with E-state index in [1.165, 1.54) is 0 Å². The highest BCUT2D eigenvalue weighted by Gasteiger charge is 2.05. The summed E-state index contributed by atoms with van der Waals surface area (Å²) in [6, 6.07) is 6.77. The van der Waals surface area contributed by atoms with Gasteiger partial charge in [-0.15, -0.1) is 0 Å². The molecule has 2 rings (SSSR count). The molecule has 0 fully saturated rings. The van der Waals surface area contributed by atoms with Crippen LogP contribution in [0.4, 0.5) is 10.5 Å². The molecule has 0 radical (unpaired) electrons. The summed E-state index contributed by atoms with van der Waals surface area (Å²) in [5.74, 6) is -0.256. The molecule has 1 aromatic heterocycles. The number of nitrogens with zero attached hydrogens (tertiary/aromatic N) is 3. The number of carboxylic acid groups (broad SMARTS) is 1. The Morgan fingerprint density at radius 1 is 1.27 bits per heavy atom. The highest BCUT2D eigenvalue weighted by molar-refractivity contribution is 5.89. The SMILES string of the molecule is Cn1cnc(-c2ccc(NC(=O)NCCCC(=O)O)cc2)n1. The molecule has 0 bridgehead atoms. The van der Waals surface area contributed by atoms with Gasteiger partial charge in [-0.3, -0.25) is 9.48 Å². The molecule has 2 amide bonds. The van der Waals surface area contributed by atoms with Crippen LogP contribution >= 0.6 is 0 Å². The Labute approximate surface area is 127 Å². The lowest BCUT2D eigenvalue weighted by molar-refractivity contribution is -0.137. The molecule has 0 saturated carbocycles. The number of nitrogens with one attached hydrogen (secondary N) is 2. The second kappa shape index (κ2) is 7.21. The zero-order valence-corrected chi connectivity index (χ0v) is 12.1. The fourth-order valence-electron chi connectivity index (χ4n) is 1.79. The van der Waals surface area contributed by atoms with Crippen molar-refractivity contribution in [2.24, 2.45) is 7.05 Å². The molecule has 1 aromatic carbocycles. The minimum atomic E-state index is -0.874. The van der Waals surface area contributed by atoms with E-state index in [9.17, 15) is 9.59 Å². The van der Waals surface area contributed by atoms with Crippen molar-refractivity contribution >= 4 is 17.7 Å². The predicted molar refractivity (Wildman–Crippen MR) is 80.3 cm³/mol. The smallest absolute Gasteiger partial charge is 0.319 e. The van der Waals surface area contributed by atoms with E-state index in [2.05, 4.69) is 20.7 Å². The highest BCUT2D eigenvalue weighted by atomic mass is 16.4. The number of benzene rings is 1. The summed E-state index contributed by atoms with van der Waals surface area (Å²) in [5, 5.41) is 18.0. The molecule has 3 N–H and O–H groups in total. The van der Waals surface area contributed by atoms with E-state index in [1.54, 1.807) is 30.2 Å². The van der Waals surface area contributed by atoms with Crippen molar-refractivity contribution in [2.75, 3.05) is 11.9 Å². The van der Waals surface area contributed by atoms with E-state index in [0.29, 0.717) is 24.5 Å². The number of aromatic nitrogens is 3. The predicted octanol–water partition coefficient (Wildman–Crippen LogP) is 1.47. The summed E-state index contributed by atoms with van der Waals surface area (Å²) < 4.78 is 1.62. The second-order valence-electron chi connectivity index (χ2n) is 4.70.